The molecule has 42 heavy (non-hydrogen) atoms. The average molecular weight is 594 g/mol. The first-order valence-corrected chi connectivity index (χ1v) is 14.8. The van der Waals surface area contributed by atoms with Crippen molar-refractivity contribution in [2.24, 2.45) is 0 Å². The molecule has 3 aromatic rings. The van der Waals surface area contributed by atoms with E-state index < -0.39 is 27.7 Å². The molecule has 12 heteroatoms. The first-order chi connectivity index (χ1) is 20.2. The molecule has 0 aromatic heterocycles. The van der Waals surface area contributed by atoms with Crippen LogP contribution in [0.4, 0.5) is 5.69 Å². The number of piperidine rings is 1. The smallest absolute Gasteiger partial charge is 0.261 e. The molecule has 2 heterocycles. The third-order valence-electron chi connectivity index (χ3n) is 7.38. The second-order valence-corrected chi connectivity index (χ2v) is 11.8. The summed E-state index contributed by atoms with van der Waals surface area (Å²) in [6.07, 6.45) is 2.53. The summed E-state index contributed by atoms with van der Waals surface area (Å²) in [6.45, 7) is 0.682. The fourth-order valence-electron chi connectivity index (χ4n) is 5.25. The van der Waals surface area contributed by atoms with E-state index in [1.807, 2.05) is 0 Å². The molecule has 2 aliphatic heterocycles. The van der Waals surface area contributed by atoms with E-state index in [-0.39, 0.29) is 39.9 Å². The summed E-state index contributed by atoms with van der Waals surface area (Å²) in [6, 6.07) is 13.9. The molecule has 0 spiro atoms. The van der Waals surface area contributed by atoms with Gasteiger partial charge in [-0.25, -0.2) is 8.42 Å². The standard InChI is InChI=1S/C30H31N3O8S/c1-39-24-12-11-21(17-26(24)42(37,38)32-13-7-4-8-14-32)31-28(34)19-15-20(27(41-3)25(16-19)40-2)18-33-29(35)22-9-5-6-10-23(22)30(33)36/h5-6,9-12,15-17H,4,7-8,13-14,18H2,1-3H3,(H,31,34). The normalized spacial score (nSPS) is 15.4. The summed E-state index contributed by atoms with van der Waals surface area (Å²) in [5, 5.41) is 2.74. The minimum absolute atomic E-state index is 0.0386. The van der Waals surface area contributed by atoms with E-state index in [0.29, 0.717) is 29.8 Å². The highest BCUT2D eigenvalue weighted by atomic mass is 32.2. The third-order valence-corrected chi connectivity index (χ3v) is 9.30. The van der Waals surface area contributed by atoms with Crippen LogP contribution in [-0.4, -0.2) is 69.8 Å². The van der Waals surface area contributed by atoms with Crippen LogP contribution in [0.15, 0.2) is 59.5 Å². The van der Waals surface area contributed by atoms with Crippen LogP contribution in [0.2, 0.25) is 0 Å². The summed E-state index contributed by atoms with van der Waals surface area (Å²) in [7, 11) is 0.373. The number of nitrogens with one attached hydrogen (secondary N) is 1. The van der Waals surface area contributed by atoms with Crippen molar-refractivity contribution in [3.8, 4) is 17.2 Å². The van der Waals surface area contributed by atoms with Crippen molar-refractivity contribution in [1.29, 1.82) is 0 Å². The van der Waals surface area contributed by atoms with Gasteiger partial charge >= 0.3 is 0 Å². The van der Waals surface area contributed by atoms with Crippen molar-refractivity contribution < 1.29 is 37.0 Å². The zero-order valence-corrected chi connectivity index (χ0v) is 24.3. The number of fused-ring (bicyclic) bond motifs is 1. The van der Waals surface area contributed by atoms with Gasteiger partial charge in [-0.1, -0.05) is 18.6 Å². The summed E-state index contributed by atoms with van der Waals surface area (Å²) in [5.74, 6) is -0.803. The Hall–Kier alpha value is -4.42. The van der Waals surface area contributed by atoms with Crippen LogP contribution < -0.4 is 19.5 Å². The van der Waals surface area contributed by atoms with Gasteiger partial charge in [0, 0.05) is 29.9 Å². The first kappa shape index (κ1) is 29.1. The monoisotopic (exact) mass is 593 g/mol. The van der Waals surface area contributed by atoms with Crippen molar-refractivity contribution in [3.63, 3.8) is 0 Å². The van der Waals surface area contributed by atoms with Crippen molar-refractivity contribution in [3.05, 3.63) is 76.9 Å². The number of carbonyl (C=O) groups excluding carboxylic acids is 3. The number of benzene rings is 3. The lowest BCUT2D eigenvalue weighted by Gasteiger charge is -2.26. The minimum Gasteiger partial charge on any atom is -0.495 e. The van der Waals surface area contributed by atoms with Gasteiger partial charge in [0.15, 0.2) is 11.5 Å². The molecule has 220 valence electrons. The van der Waals surface area contributed by atoms with Gasteiger partial charge in [-0.3, -0.25) is 19.3 Å². The molecule has 0 bridgehead atoms. The maximum absolute atomic E-state index is 13.4. The number of hydrogen-bond donors (Lipinski definition) is 1. The molecule has 2 aliphatic rings. The van der Waals surface area contributed by atoms with Gasteiger partial charge in [-0.15, -0.1) is 0 Å². The lowest BCUT2D eigenvalue weighted by Crippen LogP contribution is -2.35. The van der Waals surface area contributed by atoms with Crippen LogP contribution in [0, 0.1) is 0 Å². The number of carbonyl (C=O) groups is 3. The minimum atomic E-state index is -3.85. The van der Waals surface area contributed by atoms with E-state index in [9.17, 15) is 22.8 Å². The van der Waals surface area contributed by atoms with Crippen molar-refractivity contribution in [2.75, 3.05) is 39.7 Å². The molecular formula is C30H31N3O8S. The maximum Gasteiger partial charge on any atom is 0.261 e. The largest absolute Gasteiger partial charge is 0.495 e. The molecule has 3 aromatic carbocycles. The number of hydrogen-bond acceptors (Lipinski definition) is 8. The highest BCUT2D eigenvalue weighted by molar-refractivity contribution is 7.89. The number of nitrogens with zero attached hydrogens (tertiary/aromatic N) is 2. The van der Waals surface area contributed by atoms with Crippen molar-refractivity contribution in [1.82, 2.24) is 9.21 Å². The molecular weight excluding hydrogens is 562 g/mol. The number of methoxy groups -OCH3 is 3. The van der Waals surface area contributed by atoms with E-state index in [0.717, 1.165) is 24.2 Å². The zero-order chi connectivity index (χ0) is 30.0. The summed E-state index contributed by atoms with van der Waals surface area (Å²) >= 11 is 0. The lowest BCUT2D eigenvalue weighted by molar-refractivity contribution is 0.0641. The SMILES string of the molecule is COc1ccc(NC(=O)c2cc(CN3C(=O)c4ccccc4C3=O)c(OC)c(OC)c2)cc1S(=O)(=O)N1CCCCC1. The molecule has 0 saturated carbocycles. The van der Waals surface area contributed by atoms with Crippen LogP contribution in [-0.2, 0) is 16.6 Å². The molecule has 11 nitrogen and oxygen atoms in total. The van der Waals surface area contributed by atoms with Crippen LogP contribution in [0.5, 0.6) is 17.2 Å². The predicted octanol–water partition coefficient (Wildman–Crippen LogP) is 3.94. The van der Waals surface area contributed by atoms with Gasteiger partial charge < -0.3 is 19.5 Å². The summed E-state index contributed by atoms with van der Waals surface area (Å²) in [5.41, 5.74) is 1.37. The van der Waals surface area contributed by atoms with Gasteiger partial charge in [0.2, 0.25) is 10.0 Å². The highest BCUT2D eigenvalue weighted by Crippen LogP contribution is 2.36. The second kappa shape index (κ2) is 11.8. The molecule has 1 fully saturated rings. The van der Waals surface area contributed by atoms with Crippen molar-refractivity contribution >= 4 is 33.4 Å². The summed E-state index contributed by atoms with van der Waals surface area (Å²) in [4.78, 5) is 40.5. The number of sulfonamides is 1. The number of anilines is 1. The Morgan fingerprint density at radius 2 is 1.48 bits per heavy atom. The van der Waals surface area contributed by atoms with Gasteiger partial charge in [0.05, 0.1) is 39.0 Å². The van der Waals surface area contributed by atoms with Crippen LogP contribution >= 0.6 is 0 Å². The Morgan fingerprint density at radius 3 is 2.07 bits per heavy atom. The Kier molecular flexibility index (Phi) is 8.19. The molecule has 0 aliphatic carbocycles. The van der Waals surface area contributed by atoms with Gasteiger partial charge in [-0.05, 0) is 55.3 Å². The quantitative estimate of drug-likeness (QED) is 0.369. The summed E-state index contributed by atoms with van der Waals surface area (Å²) < 4.78 is 44.6. The molecule has 1 N–H and O–H groups in total. The molecule has 1 saturated heterocycles. The molecule has 0 atom stereocenters. The second-order valence-electron chi connectivity index (χ2n) is 9.90. The number of ether oxygens (including phenoxy) is 3. The number of imide groups is 1. The van der Waals surface area contributed by atoms with Crippen molar-refractivity contribution in [2.45, 2.75) is 30.7 Å². The lowest BCUT2D eigenvalue weighted by atomic mass is 10.1. The van der Waals surface area contributed by atoms with E-state index in [1.54, 1.807) is 30.3 Å². The molecule has 3 amide bonds. The Morgan fingerprint density at radius 1 is 0.833 bits per heavy atom. The fourth-order valence-corrected chi connectivity index (χ4v) is 6.95. The van der Waals surface area contributed by atoms with E-state index in [4.69, 9.17) is 14.2 Å². The Bertz CT molecular complexity index is 1630. The highest BCUT2D eigenvalue weighted by Gasteiger charge is 2.36. The predicted molar refractivity (Wildman–Crippen MR) is 154 cm³/mol. The molecule has 5 rings (SSSR count). The molecule has 0 unspecified atom stereocenters. The van der Waals surface area contributed by atoms with Gasteiger partial charge in [0.25, 0.3) is 17.7 Å². The topological polar surface area (TPSA) is 132 Å². The van der Waals surface area contributed by atoms with Crippen LogP contribution in [0.3, 0.4) is 0 Å². The Balaban J connectivity index is 1.45. The van der Waals surface area contributed by atoms with Gasteiger partial charge in [0.1, 0.15) is 10.6 Å². The average Bonchev–Trinajstić information content (AvgIpc) is 3.25. The van der Waals surface area contributed by atoms with E-state index in [2.05, 4.69) is 5.32 Å². The van der Waals surface area contributed by atoms with Crippen LogP contribution in [0.1, 0.15) is 55.9 Å². The zero-order valence-electron chi connectivity index (χ0n) is 23.5. The first-order valence-electron chi connectivity index (χ1n) is 13.4. The molecule has 0 radical (unpaired) electrons. The fraction of sp³-hybridized carbons (Fsp3) is 0.300. The maximum atomic E-state index is 13.4. The van der Waals surface area contributed by atoms with E-state index in [1.165, 1.54) is 49.9 Å². The van der Waals surface area contributed by atoms with Crippen LogP contribution in [0.25, 0.3) is 0 Å². The third kappa shape index (κ3) is 5.30. The Labute approximate surface area is 244 Å². The van der Waals surface area contributed by atoms with Gasteiger partial charge in [-0.2, -0.15) is 4.31 Å². The van der Waals surface area contributed by atoms with E-state index >= 15 is 0 Å². The number of rotatable bonds is 9. The number of amides is 3.